The number of benzene rings is 1. The van der Waals surface area contributed by atoms with Crippen molar-refractivity contribution in [2.75, 3.05) is 5.32 Å². The van der Waals surface area contributed by atoms with E-state index in [1.54, 1.807) is 6.07 Å². The molecule has 0 fully saturated rings. The third kappa shape index (κ3) is 3.06. The molecule has 1 amide bonds. The third-order valence-corrected chi connectivity index (χ3v) is 2.99. The van der Waals surface area contributed by atoms with Crippen molar-refractivity contribution >= 4 is 23.3 Å². The van der Waals surface area contributed by atoms with Gasteiger partial charge in [0.15, 0.2) is 5.82 Å². The molecule has 1 aromatic carbocycles. The van der Waals surface area contributed by atoms with E-state index in [4.69, 9.17) is 11.6 Å². The molecule has 1 aromatic heterocycles. The van der Waals surface area contributed by atoms with E-state index >= 15 is 0 Å². The number of amides is 1. The van der Waals surface area contributed by atoms with Gasteiger partial charge in [0, 0.05) is 11.8 Å². The Bertz CT molecular complexity index is 608. The van der Waals surface area contributed by atoms with Crippen molar-refractivity contribution in [3.63, 3.8) is 0 Å². The Labute approximate surface area is 115 Å². The molecule has 5 nitrogen and oxygen atoms in total. The van der Waals surface area contributed by atoms with Crippen LogP contribution in [0.3, 0.4) is 0 Å². The number of aromatic hydroxyl groups is 1. The summed E-state index contributed by atoms with van der Waals surface area (Å²) in [6.07, 6.45) is 0. The molecular weight excluding hydrogens is 266 g/mol. The Kier molecular flexibility index (Phi) is 3.76. The zero-order valence-electron chi connectivity index (χ0n) is 10.6. The van der Waals surface area contributed by atoms with Gasteiger partial charge in [0.1, 0.15) is 5.75 Å². The first-order chi connectivity index (χ1) is 8.97. The summed E-state index contributed by atoms with van der Waals surface area (Å²) in [5.74, 6) is 0.290. The summed E-state index contributed by atoms with van der Waals surface area (Å²) in [5.41, 5.74) is 1.13. The first-order valence-corrected chi connectivity index (χ1v) is 6.20. The molecule has 19 heavy (non-hydrogen) atoms. The van der Waals surface area contributed by atoms with Crippen molar-refractivity contribution in [3.8, 4) is 5.75 Å². The quantitative estimate of drug-likeness (QED) is 0.807. The van der Waals surface area contributed by atoms with Crippen LogP contribution in [0.1, 0.15) is 35.8 Å². The Morgan fingerprint density at radius 2 is 2.16 bits per heavy atom. The zero-order chi connectivity index (χ0) is 14.0. The second-order valence-electron chi connectivity index (χ2n) is 4.48. The van der Waals surface area contributed by atoms with E-state index in [9.17, 15) is 9.90 Å². The Balaban J connectivity index is 2.18. The lowest BCUT2D eigenvalue weighted by Gasteiger charge is -2.04. The number of halogens is 1. The minimum atomic E-state index is -0.414. The number of anilines is 1. The highest BCUT2D eigenvalue weighted by Gasteiger charge is 2.13. The van der Waals surface area contributed by atoms with Gasteiger partial charge in [-0.15, -0.1) is 0 Å². The number of phenolic OH excluding ortho intramolecular Hbond substituents is 1. The van der Waals surface area contributed by atoms with Crippen LogP contribution in [-0.2, 0) is 0 Å². The summed E-state index contributed by atoms with van der Waals surface area (Å²) in [7, 11) is 0. The van der Waals surface area contributed by atoms with Gasteiger partial charge in [-0.2, -0.15) is 5.10 Å². The van der Waals surface area contributed by atoms with Crippen molar-refractivity contribution in [3.05, 3.63) is 40.5 Å². The minimum absolute atomic E-state index is 0.0144. The largest absolute Gasteiger partial charge is 0.508 e. The normalized spacial score (nSPS) is 10.7. The number of rotatable bonds is 3. The number of aromatic amines is 1. The van der Waals surface area contributed by atoms with Crippen molar-refractivity contribution in [2.24, 2.45) is 0 Å². The second kappa shape index (κ2) is 5.32. The van der Waals surface area contributed by atoms with Crippen molar-refractivity contribution in [1.82, 2.24) is 10.2 Å². The predicted molar refractivity (Wildman–Crippen MR) is 73.7 cm³/mol. The van der Waals surface area contributed by atoms with Crippen LogP contribution in [-0.4, -0.2) is 21.2 Å². The molecule has 2 rings (SSSR count). The number of H-pyrrole nitrogens is 1. The fourth-order valence-corrected chi connectivity index (χ4v) is 1.77. The zero-order valence-corrected chi connectivity index (χ0v) is 11.3. The van der Waals surface area contributed by atoms with Crippen molar-refractivity contribution in [2.45, 2.75) is 19.8 Å². The van der Waals surface area contributed by atoms with Gasteiger partial charge in [0.2, 0.25) is 0 Å². The molecule has 0 saturated heterocycles. The van der Waals surface area contributed by atoms with Gasteiger partial charge < -0.3 is 10.4 Å². The van der Waals surface area contributed by atoms with Crippen LogP contribution in [0.25, 0.3) is 0 Å². The number of carbonyl (C=O) groups is 1. The number of aromatic nitrogens is 2. The molecule has 0 unspecified atom stereocenters. The highest BCUT2D eigenvalue weighted by Crippen LogP contribution is 2.22. The number of hydrogen-bond acceptors (Lipinski definition) is 3. The molecule has 2 aromatic rings. The average molecular weight is 280 g/mol. The minimum Gasteiger partial charge on any atom is -0.508 e. The molecule has 0 aliphatic carbocycles. The van der Waals surface area contributed by atoms with E-state index in [2.05, 4.69) is 15.5 Å². The molecule has 6 heteroatoms. The van der Waals surface area contributed by atoms with Gasteiger partial charge in [0.05, 0.1) is 10.6 Å². The molecule has 0 atom stereocenters. The molecule has 0 bridgehead atoms. The van der Waals surface area contributed by atoms with E-state index < -0.39 is 5.91 Å². The fraction of sp³-hybridized carbons (Fsp3) is 0.231. The number of hydrogen-bond donors (Lipinski definition) is 3. The number of nitrogens with zero attached hydrogens (tertiary/aromatic N) is 1. The summed E-state index contributed by atoms with van der Waals surface area (Å²) < 4.78 is 0. The highest BCUT2D eigenvalue weighted by atomic mass is 35.5. The van der Waals surface area contributed by atoms with Crippen LogP contribution in [0, 0.1) is 0 Å². The lowest BCUT2D eigenvalue weighted by molar-refractivity contribution is 0.102. The van der Waals surface area contributed by atoms with E-state index in [0.29, 0.717) is 11.7 Å². The van der Waals surface area contributed by atoms with Gasteiger partial charge in [-0.1, -0.05) is 25.4 Å². The Morgan fingerprint density at radius 1 is 1.42 bits per heavy atom. The summed E-state index contributed by atoms with van der Waals surface area (Å²) in [4.78, 5) is 12.0. The maximum atomic E-state index is 12.0. The molecule has 0 saturated carbocycles. The first-order valence-electron chi connectivity index (χ1n) is 5.82. The Hall–Kier alpha value is -2.01. The van der Waals surface area contributed by atoms with Crippen LogP contribution < -0.4 is 5.32 Å². The fourth-order valence-electron chi connectivity index (χ4n) is 1.57. The average Bonchev–Trinajstić information content (AvgIpc) is 2.80. The van der Waals surface area contributed by atoms with Crippen LogP contribution in [0.2, 0.25) is 5.02 Å². The van der Waals surface area contributed by atoms with Gasteiger partial charge >= 0.3 is 0 Å². The molecule has 0 spiro atoms. The smallest absolute Gasteiger partial charge is 0.258 e. The van der Waals surface area contributed by atoms with Crippen LogP contribution in [0.4, 0.5) is 5.82 Å². The molecular formula is C13H14ClN3O2. The predicted octanol–water partition coefficient (Wildman–Crippen LogP) is 3.14. The van der Waals surface area contributed by atoms with Crippen LogP contribution in [0.5, 0.6) is 5.75 Å². The Morgan fingerprint density at radius 3 is 2.79 bits per heavy atom. The maximum absolute atomic E-state index is 12.0. The molecule has 0 aliphatic rings. The van der Waals surface area contributed by atoms with Gasteiger partial charge in [-0.25, -0.2) is 0 Å². The number of phenols is 1. The summed E-state index contributed by atoms with van der Waals surface area (Å²) >= 11 is 5.91. The van der Waals surface area contributed by atoms with Gasteiger partial charge in [0.25, 0.3) is 5.91 Å². The highest BCUT2D eigenvalue weighted by molar-refractivity contribution is 6.34. The van der Waals surface area contributed by atoms with E-state index in [-0.39, 0.29) is 16.3 Å². The molecule has 100 valence electrons. The molecule has 0 radical (unpaired) electrons. The number of carbonyl (C=O) groups excluding carboxylic acids is 1. The lowest BCUT2D eigenvalue weighted by Crippen LogP contribution is -2.12. The lowest BCUT2D eigenvalue weighted by atomic mass is 10.1. The third-order valence-electron chi connectivity index (χ3n) is 2.66. The topological polar surface area (TPSA) is 78.0 Å². The summed E-state index contributed by atoms with van der Waals surface area (Å²) in [6, 6.07) is 5.97. The first kappa shape index (κ1) is 13.4. The maximum Gasteiger partial charge on any atom is 0.258 e. The standard InChI is InChI=1S/C13H14ClN3O2/c1-7(2)11-6-12(17-16-11)15-13(19)9-5-8(18)3-4-10(9)14/h3-7,18H,1-2H3,(H2,15,16,17,19). The molecule has 1 heterocycles. The van der Waals surface area contributed by atoms with Crippen LogP contribution in [0.15, 0.2) is 24.3 Å². The van der Waals surface area contributed by atoms with E-state index in [1.807, 2.05) is 13.8 Å². The van der Waals surface area contributed by atoms with E-state index in [0.717, 1.165) is 5.69 Å². The summed E-state index contributed by atoms with van der Waals surface area (Å²) in [6.45, 7) is 4.04. The van der Waals surface area contributed by atoms with Gasteiger partial charge in [-0.05, 0) is 24.1 Å². The van der Waals surface area contributed by atoms with Crippen LogP contribution >= 0.6 is 11.6 Å². The summed E-state index contributed by atoms with van der Waals surface area (Å²) in [5, 5.41) is 19.1. The number of nitrogens with one attached hydrogen (secondary N) is 2. The second-order valence-corrected chi connectivity index (χ2v) is 4.89. The van der Waals surface area contributed by atoms with E-state index in [1.165, 1.54) is 18.2 Å². The monoisotopic (exact) mass is 279 g/mol. The van der Waals surface area contributed by atoms with Crippen molar-refractivity contribution in [1.29, 1.82) is 0 Å². The molecule has 3 N–H and O–H groups in total. The van der Waals surface area contributed by atoms with Crippen molar-refractivity contribution < 1.29 is 9.90 Å². The molecule has 0 aliphatic heterocycles. The van der Waals surface area contributed by atoms with Gasteiger partial charge in [-0.3, -0.25) is 9.89 Å². The SMILES string of the molecule is CC(C)c1cc(NC(=O)c2cc(O)ccc2Cl)n[nH]1.